The zero-order valence-electron chi connectivity index (χ0n) is 49.4. The number of amides is 3. The summed E-state index contributed by atoms with van der Waals surface area (Å²) in [5, 5.41) is 24.6. The second-order valence-corrected chi connectivity index (χ2v) is 20.6. The zero-order chi connectivity index (χ0) is 59.9. The van der Waals surface area contributed by atoms with Crippen molar-refractivity contribution in [3.05, 3.63) is 91.1 Å². The maximum Gasteiger partial charge on any atom is 1.00 e. The van der Waals surface area contributed by atoms with E-state index in [9.17, 15) is 38.3 Å². The molecule has 0 saturated carbocycles. The van der Waals surface area contributed by atoms with Gasteiger partial charge in [-0.2, -0.15) is 9.97 Å². The van der Waals surface area contributed by atoms with E-state index in [0.29, 0.717) is 63.2 Å². The second-order valence-electron chi connectivity index (χ2n) is 17.2. The molecule has 444 valence electrons. The number of carboxylic acid groups (broad SMARTS) is 1. The van der Waals surface area contributed by atoms with Gasteiger partial charge in [0.25, 0.3) is 8.53 Å². The van der Waals surface area contributed by atoms with Crippen molar-refractivity contribution >= 4 is 62.8 Å². The molecule has 3 aromatic rings. The third-order valence-electron chi connectivity index (χ3n) is 9.40. The largest absolute Gasteiger partial charge is 1.00 e. The van der Waals surface area contributed by atoms with Crippen molar-refractivity contribution in [3.8, 4) is 0 Å². The number of alkyl halides is 1. The van der Waals surface area contributed by atoms with Crippen LogP contribution in [0.2, 0.25) is 0 Å². The number of epoxide rings is 1. The summed E-state index contributed by atoms with van der Waals surface area (Å²) in [7, 11) is -3.46. The number of rotatable bonds is 24. The molecule has 0 radical (unpaired) electrons. The van der Waals surface area contributed by atoms with Crippen molar-refractivity contribution in [1.29, 1.82) is 0 Å². The van der Waals surface area contributed by atoms with Crippen molar-refractivity contribution in [3.63, 3.8) is 0 Å². The molecule has 0 aromatic carbocycles. The van der Waals surface area contributed by atoms with Crippen LogP contribution in [-0.4, -0.2) is 149 Å². The number of halogens is 2. The number of ether oxygens (including phenoxy) is 1. The molecule has 6 N–H and O–H groups in total. The molecule has 30 heteroatoms. The molecule has 1 aliphatic heterocycles. The number of aliphatic hydroxyl groups is 1. The molecule has 3 aromatic heterocycles. The number of carbonyl (C=O) groups is 3. The van der Waals surface area contributed by atoms with Crippen LogP contribution < -0.4 is 62.6 Å². The number of aromatic nitrogens is 6. The average molecular weight is 1190 g/mol. The fraction of sp³-hybridized carbons (Fsp3) is 0.653. The number of aromatic amines is 1. The Hall–Kier alpha value is -4.37. The molecule has 25 nitrogen and oxygen atoms in total. The number of hydrogen-bond acceptors (Lipinski definition) is 16. The Morgan fingerprint density at radius 2 is 1.34 bits per heavy atom. The van der Waals surface area contributed by atoms with E-state index in [4.69, 9.17) is 49.2 Å². The van der Waals surface area contributed by atoms with Gasteiger partial charge in [0.15, 0.2) is 0 Å². The number of H-pyrrole nitrogens is 1. The Labute approximate surface area is 497 Å². The summed E-state index contributed by atoms with van der Waals surface area (Å²) in [5.41, 5.74) is -1.53. The van der Waals surface area contributed by atoms with Gasteiger partial charge in [-0.3, -0.25) is 33.4 Å². The van der Waals surface area contributed by atoms with Crippen molar-refractivity contribution in [2.24, 2.45) is 0 Å². The molecule has 0 bridgehead atoms. The Kier molecular flexibility index (Phi) is 47.2. The first-order valence-electron chi connectivity index (χ1n) is 25.3. The minimum absolute atomic E-state index is 0. The standard InChI is InChI=1S/C19H32N5O4P.C9H18ClN2OP.C9H13N3O4.C6H7N3O2.C4H8O.CH3F.CH4.Na.H/c1-8-17(13-23-11-9-18(21-16(6)25)22-19(23)26)28-29(27-12-10-20-7)24(14(2)3)15(4)5;1-8(2)12(9(3)4)14(10)13-7-6-11-5;1-2-6(13)5-12-4-3-7(10-8(12)14)11-9(15)16;1-4(10)8-5-2-3-7-6(11)9-5;1-2-4-3-5-4;1-2;;;/h9,11,14-15,17H,8,10,12-13H2,1-6H3,(H,21,22,25,26);8-9H,6-7H2,1-4H3;3-4,6,13H,2,5H2,1H3,(H,15,16)(H,10,11,14);2-3H,1H3,(H2,7,8,9,10,11);4H,2-3H2,1H3;1H3;1H4;;/q;;;;;;;+1;-1/t17-,29?;;6-;;4-;;;;/m1.1.1..../s1/i;;;;;1D;;;. The summed E-state index contributed by atoms with van der Waals surface area (Å²) in [6.45, 7) is 41.8. The molecule has 3 amide bonds. The molecule has 4 rings (SSSR count). The molecule has 1 aliphatic rings. The van der Waals surface area contributed by atoms with Gasteiger partial charge in [-0.05, 0) is 104 Å². The van der Waals surface area contributed by atoms with Crippen molar-refractivity contribution in [2.45, 2.75) is 172 Å². The van der Waals surface area contributed by atoms with Crippen LogP contribution in [0.3, 0.4) is 0 Å². The van der Waals surface area contributed by atoms with Crippen molar-refractivity contribution < 1.29 is 79.6 Å². The minimum Gasteiger partial charge on any atom is -1.00 e. The maximum absolute atomic E-state index is 12.3. The Balaban J connectivity index is -0.000000316. The van der Waals surface area contributed by atoms with Gasteiger partial charge in [0, 0.05) is 56.6 Å². The molecule has 1 saturated heterocycles. The van der Waals surface area contributed by atoms with Gasteiger partial charge in [0.2, 0.25) is 32.6 Å². The summed E-state index contributed by atoms with van der Waals surface area (Å²) < 4.78 is 45.0. The summed E-state index contributed by atoms with van der Waals surface area (Å²) >= 11 is 6.14. The van der Waals surface area contributed by atoms with Gasteiger partial charge >= 0.3 is 52.7 Å². The van der Waals surface area contributed by atoms with Gasteiger partial charge in [-0.1, -0.05) is 28.2 Å². The van der Waals surface area contributed by atoms with E-state index in [2.05, 4.69) is 112 Å². The number of carbonyl (C=O) groups excluding carboxylic acids is 2. The first-order valence-corrected chi connectivity index (χ1v) is 27.8. The fourth-order valence-corrected chi connectivity index (χ4v) is 10.0. The monoisotopic (exact) mass is 1190 g/mol. The Bertz CT molecular complexity index is 2430. The van der Waals surface area contributed by atoms with Crippen LogP contribution in [0.4, 0.5) is 26.6 Å². The van der Waals surface area contributed by atoms with Gasteiger partial charge in [0.05, 0.1) is 46.5 Å². The molecule has 4 heterocycles. The number of anilines is 3. The van der Waals surface area contributed by atoms with Crippen LogP contribution in [0.15, 0.2) is 51.2 Å². The maximum atomic E-state index is 12.3. The van der Waals surface area contributed by atoms with E-state index in [-0.39, 0.29) is 93.1 Å². The summed E-state index contributed by atoms with van der Waals surface area (Å²) in [6.07, 6.45) is 5.18. The molecular formula is C49H86ClFN13NaO12P2. The second kappa shape index (κ2) is 47.3. The summed E-state index contributed by atoms with van der Waals surface area (Å²) in [4.78, 5) is 85.8. The normalized spacial score (nSPS) is 13.5. The van der Waals surface area contributed by atoms with E-state index >= 15 is 0 Å². The number of aliphatic hydroxyl groups excluding tert-OH is 1. The van der Waals surface area contributed by atoms with Crippen molar-refractivity contribution in [1.82, 2.24) is 38.4 Å². The summed E-state index contributed by atoms with van der Waals surface area (Å²) in [6, 6.07) is 5.58. The minimum atomic E-state index is -1.39. The van der Waals surface area contributed by atoms with Gasteiger partial charge in [-0.25, -0.2) is 46.6 Å². The Morgan fingerprint density at radius 3 is 1.71 bits per heavy atom. The fourth-order valence-electron chi connectivity index (χ4n) is 5.92. The number of hydrogen-bond donors (Lipinski definition) is 6. The van der Waals surface area contributed by atoms with Crippen LogP contribution in [-0.2, 0) is 41.0 Å². The quantitative estimate of drug-likeness (QED) is 0.0205. The summed E-state index contributed by atoms with van der Waals surface area (Å²) in [5.74, 6) is 0.0430. The molecule has 0 aliphatic carbocycles. The smallest absolute Gasteiger partial charge is 1.00 e. The number of nitrogens with zero attached hydrogens (tertiary/aromatic N) is 9. The van der Waals surface area contributed by atoms with Crippen LogP contribution in [0.25, 0.3) is 9.69 Å². The molecule has 0 spiro atoms. The molecule has 1 fully saturated rings. The average Bonchev–Trinajstić information content (AvgIpc) is 4.18. The van der Waals surface area contributed by atoms with Crippen LogP contribution in [0.1, 0.15) is 119 Å². The number of nitrogens with one attached hydrogen (secondary N) is 4. The van der Waals surface area contributed by atoms with Gasteiger partial charge in [-0.15, -0.1) is 0 Å². The third kappa shape index (κ3) is 38.8. The predicted octanol–water partition coefficient (Wildman–Crippen LogP) is 5.75. The Morgan fingerprint density at radius 1 is 0.873 bits per heavy atom. The first kappa shape index (κ1) is 78.9. The first-order chi connectivity index (χ1) is 36.7. The molecule has 2 unspecified atom stereocenters. The van der Waals surface area contributed by atoms with Crippen LogP contribution in [0, 0.1) is 13.1 Å². The topological polar surface area (TPSA) is 299 Å². The molecule has 79 heavy (non-hydrogen) atoms. The van der Waals surface area contributed by atoms with Gasteiger partial charge < -0.3 is 50.3 Å². The molecular weight excluding hydrogens is 1100 g/mol. The van der Waals surface area contributed by atoms with E-state index in [1.54, 1.807) is 19.2 Å². The molecule has 5 atom stereocenters. The van der Waals surface area contributed by atoms with Gasteiger partial charge in [0.1, 0.15) is 30.7 Å². The van der Waals surface area contributed by atoms with E-state index < -0.39 is 52.6 Å². The van der Waals surface area contributed by atoms with E-state index in [1.807, 2.05) is 12.2 Å². The van der Waals surface area contributed by atoms with Crippen LogP contribution >= 0.6 is 27.4 Å². The third-order valence-corrected chi connectivity index (χ3v) is 14.1. The predicted molar refractivity (Wildman–Crippen MR) is 307 cm³/mol. The SMILES string of the molecule is C.CC(=O)Nc1ccnc(=O)[nH]1.CC[C@@H](O)Cn1ccc(NC(=O)O)nc1=O.CC[C@@H]1CO1.[2H]CF.[C-]#[N+]CCOP(Cl)N(C(C)C)C(C)C.[C-]#[N+]CCOP(O[C@H](CC)Cn1ccc(NC(C)=O)nc1=O)N(C(C)C)C(C)C.[H-].[Na+]. The van der Waals surface area contributed by atoms with Crippen molar-refractivity contribution in [2.75, 3.05) is 56.0 Å². The van der Waals surface area contributed by atoms with E-state index in [0.717, 1.165) is 6.61 Å². The van der Waals surface area contributed by atoms with Crippen LogP contribution in [0.5, 0.6) is 0 Å². The van der Waals surface area contributed by atoms with E-state index in [1.165, 1.54) is 53.9 Å². The zero-order valence-corrected chi connectivity index (χ0v) is 52.0.